The second-order valence-corrected chi connectivity index (χ2v) is 8.03. The summed E-state index contributed by atoms with van der Waals surface area (Å²) in [5, 5.41) is 7.16. The Balaban J connectivity index is 0.00000306. The summed E-state index contributed by atoms with van der Waals surface area (Å²) < 4.78 is 0. The zero-order chi connectivity index (χ0) is 23.0. The minimum Gasteiger partial charge on any atom is -1.00 e. The molecule has 3 aromatic carbocycles. The van der Waals surface area contributed by atoms with Crippen LogP contribution >= 0.6 is 25.3 Å². The first-order valence-corrected chi connectivity index (χ1v) is 10.3. The zero-order valence-electron chi connectivity index (χ0n) is 20.4. The van der Waals surface area contributed by atoms with Crippen LogP contribution in [0.2, 0.25) is 0 Å². The predicted molar refractivity (Wildman–Crippen MR) is 128 cm³/mol. The minimum absolute atomic E-state index is 0. The summed E-state index contributed by atoms with van der Waals surface area (Å²) in [7, 11) is 0. The number of hydrogen-bond acceptors (Lipinski definition) is 7. The van der Waals surface area contributed by atoms with Crippen LogP contribution in [-0.2, 0) is 0 Å². The Morgan fingerprint density at radius 2 is 1.71 bits per heavy atom. The molecule has 0 fully saturated rings. The van der Waals surface area contributed by atoms with Crippen LogP contribution in [0.4, 0.5) is 11.4 Å². The third-order valence-corrected chi connectivity index (χ3v) is 5.73. The van der Waals surface area contributed by atoms with E-state index in [9.17, 15) is 14.4 Å². The molecule has 164 valence electrons. The van der Waals surface area contributed by atoms with Gasteiger partial charge in [-0.2, -0.15) is 0 Å². The van der Waals surface area contributed by atoms with Gasteiger partial charge in [-0.15, -0.1) is 25.3 Å². The fourth-order valence-electron chi connectivity index (χ4n) is 3.59. The number of benzene rings is 3. The van der Waals surface area contributed by atoms with Gasteiger partial charge in [0.05, 0.1) is 5.69 Å². The number of carbonyl (C=O) groups excluding carboxylic acids is 3. The van der Waals surface area contributed by atoms with Crippen molar-refractivity contribution in [3.8, 4) is 0 Å². The van der Waals surface area contributed by atoms with Gasteiger partial charge in [0.2, 0.25) is 0 Å². The van der Waals surface area contributed by atoms with E-state index in [0.717, 1.165) is 4.90 Å². The van der Waals surface area contributed by atoms with Gasteiger partial charge in [-0.25, -0.2) is 0 Å². The van der Waals surface area contributed by atoms with Gasteiger partial charge in [0.1, 0.15) is 0 Å². The first kappa shape index (κ1) is 29.8. The van der Waals surface area contributed by atoms with Crippen LogP contribution in [0.15, 0.2) is 57.4 Å². The topological polar surface area (TPSA) is 141 Å². The average molecular weight is 545 g/mol. The minimum atomic E-state index is -0.484. The van der Waals surface area contributed by atoms with Gasteiger partial charge in [0.25, 0.3) is 17.7 Å². The maximum Gasteiger partial charge on any atom is 1.00 e. The van der Waals surface area contributed by atoms with Crippen molar-refractivity contribution in [3.63, 3.8) is 0 Å². The van der Waals surface area contributed by atoms with Crippen LogP contribution in [0, 0.1) is 0 Å². The Hall–Kier alpha value is -0.387. The zero-order valence-corrected chi connectivity index (χ0v) is 26.5. The van der Waals surface area contributed by atoms with Gasteiger partial charge in [-0.05, 0) is 35.9 Å². The van der Waals surface area contributed by atoms with E-state index in [1.807, 2.05) is 0 Å². The third-order valence-electron chi connectivity index (χ3n) is 5.10. The molecule has 3 amide bonds. The molecule has 4 rings (SSSR count). The van der Waals surface area contributed by atoms with E-state index in [1.165, 1.54) is 24.3 Å². The monoisotopic (exact) mass is 544 g/mol. The van der Waals surface area contributed by atoms with E-state index in [0.29, 0.717) is 48.6 Å². The number of nitrogen functional groups attached to an aromatic ring is 1. The Morgan fingerprint density at radius 1 is 1.09 bits per heavy atom. The summed E-state index contributed by atoms with van der Waals surface area (Å²) in [6.07, 6.45) is 0. The summed E-state index contributed by atoms with van der Waals surface area (Å²) in [5.41, 5.74) is 16.3. The molecule has 0 atom stereocenters. The Bertz CT molecular complexity index is 1350. The summed E-state index contributed by atoms with van der Waals surface area (Å²) in [4.78, 5) is 43.2. The first-order valence-electron chi connectivity index (χ1n) is 9.39. The van der Waals surface area contributed by atoms with E-state index in [4.69, 9.17) is 11.3 Å². The van der Waals surface area contributed by atoms with Gasteiger partial charge < -0.3 is 13.9 Å². The fourth-order valence-corrected chi connectivity index (χ4v) is 4.10. The molecule has 1 heterocycles. The van der Waals surface area contributed by atoms with Crippen molar-refractivity contribution in [1.29, 1.82) is 0 Å². The molecule has 13 heteroatoms. The van der Waals surface area contributed by atoms with Crippen LogP contribution < -0.4 is 114 Å². The van der Waals surface area contributed by atoms with Crippen LogP contribution in [0.5, 0.6) is 0 Å². The van der Waals surface area contributed by atoms with Crippen molar-refractivity contribution < 1.29 is 120 Å². The molecular formula is C21H18K2N6O3S2. The van der Waals surface area contributed by atoms with Crippen molar-refractivity contribution in [1.82, 2.24) is 10.2 Å². The number of thiol groups is 2. The smallest absolute Gasteiger partial charge is 1.00 e. The second-order valence-electron chi connectivity index (χ2n) is 7.03. The van der Waals surface area contributed by atoms with Gasteiger partial charge >= 0.3 is 103 Å². The number of hydrogen-bond donors (Lipinski definition) is 4. The van der Waals surface area contributed by atoms with E-state index in [1.54, 1.807) is 18.2 Å². The van der Waals surface area contributed by atoms with Crippen molar-refractivity contribution >= 4 is 65.1 Å². The van der Waals surface area contributed by atoms with Gasteiger partial charge in [0.15, 0.2) is 0 Å². The van der Waals surface area contributed by atoms with Crippen LogP contribution in [0.3, 0.4) is 0 Å². The van der Waals surface area contributed by atoms with Gasteiger partial charge in [-0.1, -0.05) is 17.2 Å². The molecule has 0 radical (unpaired) electrons. The summed E-state index contributed by atoms with van der Waals surface area (Å²) in [6.45, 7) is 0.0282. The number of amides is 3. The number of carbonyl (C=O) groups is 3. The normalized spacial score (nSPS) is 11.9. The molecular weight excluding hydrogens is 527 g/mol. The molecule has 0 aliphatic carbocycles. The third kappa shape index (κ3) is 5.94. The summed E-state index contributed by atoms with van der Waals surface area (Å²) in [5.74, 6) is -1.36. The quantitative estimate of drug-likeness (QED) is 0.0572. The average Bonchev–Trinajstić information content (AvgIpc) is 2.77. The van der Waals surface area contributed by atoms with Gasteiger partial charge in [-0.3, -0.25) is 19.3 Å². The SMILES string of the molecule is [H-].[H-].[K+].[K+].[N-]=[N+]=Nc1ccc(C(=O)NCCN2C(=O)c3cc(S)cc4c(N)c(S)cc(c34)C2=O)cc1. The number of anilines is 1. The molecule has 0 aromatic heterocycles. The van der Waals surface area contributed by atoms with Crippen molar-refractivity contribution in [2.45, 2.75) is 9.79 Å². The number of nitrogens with zero attached hydrogens (tertiary/aromatic N) is 4. The molecule has 9 nitrogen and oxygen atoms in total. The van der Waals surface area contributed by atoms with Crippen LogP contribution in [0.1, 0.15) is 33.9 Å². The van der Waals surface area contributed by atoms with Crippen molar-refractivity contribution in [3.05, 3.63) is 69.6 Å². The molecule has 34 heavy (non-hydrogen) atoms. The maximum atomic E-state index is 13.1. The predicted octanol–water partition coefficient (Wildman–Crippen LogP) is -1.80. The first-order chi connectivity index (χ1) is 15.3. The van der Waals surface area contributed by atoms with E-state index in [2.05, 4.69) is 40.6 Å². The van der Waals surface area contributed by atoms with E-state index in [-0.39, 0.29) is 125 Å². The Morgan fingerprint density at radius 3 is 2.32 bits per heavy atom. The molecule has 3 aromatic rings. The molecule has 0 unspecified atom stereocenters. The van der Waals surface area contributed by atoms with Gasteiger partial charge in [0, 0.05) is 60.9 Å². The van der Waals surface area contributed by atoms with Crippen LogP contribution in [0.25, 0.3) is 21.2 Å². The van der Waals surface area contributed by atoms with Crippen LogP contribution in [-0.4, -0.2) is 35.7 Å². The number of imide groups is 1. The molecule has 1 aliphatic rings. The summed E-state index contributed by atoms with van der Waals surface area (Å²) in [6, 6.07) is 10.9. The molecule has 0 saturated heterocycles. The second kappa shape index (κ2) is 12.7. The summed E-state index contributed by atoms with van der Waals surface area (Å²) >= 11 is 8.71. The standard InChI is InChI=1S/C21H16N6O3S2.2K.2H/c22-18-13-7-12(31)8-14-17(13)15(9-16(18)32)21(30)27(20(14)29)6-5-24-19(28)10-1-3-11(4-2-10)25-26-23;;;;/h1-4,7-9,31-32H,5-6,22H2,(H,24,28);;;;/q;2*+1;2*-1. The number of azide groups is 1. The van der Waals surface area contributed by atoms with E-state index < -0.39 is 11.8 Å². The molecule has 0 spiro atoms. The number of rotatable bonds is 5. The molecule has 3 N–H and O–H groups in total. The van der Waals surface area contributed by atoms with Crippen molar-refractivity contribution in [2.75, 3.05) is 18.8 Å². The molecule has 0 bridgehead atoms. The number of nitrogens with two attached hydrogens (primary N) is 1. The van der Waals surface area contributed by atoms with Crippen molar-refractivity contribution in [2.24, 2.45) is 5.11 Å². The fraction of sp³-hybridized carbons (Fsp3) is 0.0952. The molecule has 0 saturated carbocycles. The number of nitrogens with one attached hydrogen (secondary N) is 1. The Kier molecular flexibility index (Phi) is 11.2. The van der Waals surface area contributed by atoms with E-state index >= 15 is 0 Å². The largest absolute Gasteiger partial charge is 1.00 e. The Labute approximate surface area is 293 Å². The maximum absolute atomic E-state index is 13.1. The molecule has 1 aliphatic heterocycles.